The maximum Gasteiger partial charge on any atom is 0.162 e. The van der Waals surface area contributed by atoms with Crippen LogP contribution in [0.25, 0.3) is 16.9 Å². The van der Waals surface area contributed by atoms with Gasteiger partial charge >= 0.3 is 0 Å². The fraction of sp³-hybridized carbons (Fsp3) is 0.188. The van der Waals surface area contributed by atoms with Crippen LogP contribution >= 0.6 is 0 Å². The summed E-state index contributed by atoms with van der Waals surface area (Å²) >= 11 is 0. The van der Waals surface area contributed by atoms with Gasteiger partial charge in [-0.25, -0.2) is 4.98 Å². The van der Waals surface area contributed by atoms with Gasteiger partial charge in [0.2, 0.25) is 0 Å². The van der Waals surface area contributed by atoms with Crippen molar-refractivity contribution >= 4 is 11.3 Å². The summed E-state index contributed by atoms with van der Waals surface area (Å²) in [6, 6.07) is 9.96. The molecule has 0 unspecified atom stereocenters. The molecule has 0 aliphatic carbocycles. The number of aromatic nitrogens is 2. The molecular formula is C16H15N3O2. The standard InChI is InChI=1S/C16H15N3O2/c1-17-12-4-5-19-10-13(18-16(19)9-12)11-2-3-14-15(8-11)21-7-6-20-14/h2-5,8-10,17H,6-7H2,1H3. The fourth-order valence-corrected chi connectivity index (χ4v) is 2.48. The molecule has 0 saturated heterocycles. The first kappa shape index (κ1) is 12.1. The van der Waals surface area contributed by atoms with Gasteiger partial charge in [0.1, 0.15) is 18.9 Å². The van der Waals surface area contributed by atoms with Gasteiger partial charge in [-0.05, 0) is 24.3 Å². The topological polar surface area (TPSA) is 47.8 Å². The highest BCUT2D eigenvalue weighted by Crippen LogP contribution is 2.34. The minimum absolute atomic E-state index is 0.590. The molecule has 0 radical (unpaired) electrons. The third kappa shape index (κ3) is 2.07. The van der Waals surface area contributed by atoms with E-state index in [9.17, 15) is 0 Å². The summed E-state index contributed by atoms with van der Waals surface area (Å²) in [5, 5.41) is 3.12. The largest absolute Gasteiger partial charge is 0.486 e. The van der Waals surface area contributed by atoms with Crippen LogP contribution in [0.4, 0.5) is 5.69 Å². The second-order valence-electron chi connectivity index (χ2n) is 4.92. The highest BCUT2D eigenvalue weighted by Gasteiger charge is 2.13. The average Bonchev–Trinajstić information content (AvgIpc) is 2.97. The normalized spacial score (nSPS) is 13.4. The van der Waals surface area contributed by atoms with Crippen LogP contribution in [-0.4, -0.2) is 29.6 Å². The minimum Gasteiger partial charge on any atom is -0.486 e. The van der Waals surface area contributed by atoms with Crippen LogP contribution in [0.5, 0.6) is 11.5 Å². The first-order chi connectivity index (χ1) is 10.3. The molecule has 3 aromatic rings. The van der Waals surface area contributed by atoms with Crippen molar-refractivity contribution < 1.29 is 9.47 Å². The Hall–Kier alpha value is -2.69. The maximum absolute atomic E-state index is 5.63. The van der Waals surface area contributed by atoms with Gasteiger partial charge in [-0.3, -0.25) is 0 Å². The van der Waals surface area contributed by atoms with Gasteiger partial charge in [0.05, 0.1) is 5.69 Å². The van der Waals surface area contributed by atoms with Crippen molar-refractivity contribution in [2.75, 3.05) is 25.6 Å². The van der Waals surface area contributed by atoms with E-state index >= 15 is 0 Å². The number of ether oxygens (including phenoxy) is 2. The summed E-state index contributed by atoms with van der Waals surface area (Å²) in [6.07, 6.45) is 4.01. The number of pyridine rings is 1. The van der Waals surface area contributed by atoms with E-state index in [1.165, 1.54) is 0 Å². The number of nitrogens with zero attached hydrogens (tertiary/aromatic N) is 2. The zero-order valence-electron chi connectivity index (χ0n) is 11.7. The van der Waals surface area contributed by atoms with Crippen molar-refractivity contribution in [2.45, 2.75) is 0 Å². The highest BCUT2D eigenvalue weighted by molar-refractivity contribution is 5.67. The number of anilines is 1. The van der Waals surface area contributed by atoms with Gasteiger partial charge in [0.25, 0.3) is 0 Å². The monoisotopic (exact) mass is 281 g/mol. The van der Waals surface area contributed by atoms with E-state index < -0.39 is 0 Å². The van der Waals surface area contributed by atoms with Gasteiger partial charge < -0.3 is 19.2 Å². The molecule has 0 fully saturated rings. The van der Waals surface area contributed by atoms with E-state index in [1.54, 1.807) is 0 Å². The Morgan fingerprint density at radius 3 is 2.81 bits per heavy atom. The molecule has 21 heavy (non-hydrogen) atoms. The summed E-state index contributed by atoms with van der Waals surface area (Å²) in [4.78, 5) is 4.67. The summed E-state index contributed by atoms with van der Waals surface area (Å²) in [6.45, 7) is 1.20. The van der Waals surface area contributed by atoms with E-state index in [-0.39, 0.29) is 0 Å². The van der Waals surface area contributed by atoms with Crippen LogP contribution in [0.2, 0.25) is 0 Å². The van der Waals surface area contributed by atoms with Crippen molar-refractivity contribution in [3.8, 4) is 22.8 Å². The summed E-state index contributed by atoms with van der Waals surface area (Å²) in [5.74, 6) is 1.58. The van der Waals surface area contributed by atoms with E-state index in [1.807, 2.05) is 54.2 Å². The lowest BCUT2D eigenvalue weighted by Gasteiger charge is -2.18. The van der Waals surface area contributed by atoms with Gasteiger partial charge in [0.15, 0.2) is 11.5 Å². The van der Waals surface area contributed by atoms with Crippen molar-refractivity contribution in [1.82, 2.24) is 9.38 Å². The molecule has 5 nitrogen and oxygen atoms in total. The average molecular weight is 281 g/mol. The second kappa shape index (κ2) is 4.70. The maximum atomic E-state index is 5.63. The van der Waals surface area contributed by atoms with Gasteiger partial charge in [-0.15, -0.1) is 0 Å². The predicted molar refractivity (Wildman–Crippen MR) is 81.2 cm³/mol. The molecule has 5 heteroatoms. The molecule has 0 spiro atoms. The Bertz CT molecular complexity index is 810. The van der Waals surface area contributed by atoms with E-state index in [2.05, 4.69) is 10.3 Å². The molecular weight excluding hydrogens is 266 g/mol. The third-order valence-electron chi connectivity index (χ3n) is 3.59. The van der Waals surface area contributed by atoms with Crippen LogP contribution in [0.1, 0.15) is 0 Å². The molecule has 3 heterocycles. The van der Waals surface area contributed by atoms with Crippen molar-refractivity contribution in [3.05, 3.63) is 42.7 Å². The van der Waals surface area contributed by atoms with Crippen LogP contribution < -0.4 is 14.8 Å². The summed E-state index contributed by atoms with van der Waals surface area (Å²) in [5.41, 5.74) is 3.89. The van der Waals surface area contributed by atoms with E-state index in [0.717, 1.165) is 34.1 Å². The molecule has 0 saturated carbocycles. The molecule has 1 N–H and O–H groups in total. The Balaban J connectivity index is 1.78. The van der Waals surface area contributed by atoms with Gasteiger partial charge in [0, 0.05) is 36.8 Å². The predicted octanol–water partition coefficient (Wildman–Crippen LogP) is 2.81. The van der Waals surface area contributed by atoms with Gasteiger partial charge in [-0.2, -0.15) is 0 Å². The molecule has 0 bridgehead atoms. The Kier molecular flexibility index (Phi) is 2.70. The second-order valence-corrected chi connectivity index (χ2v) is 4.92. The molecule has 106 valence electrons. The molecule has 1 aliphatic rings. The number of benzene rings is 1. The number of nitrogens with one attached hydrogen (secondary N) is 1. The van der Waals surface area contributed by atoms with Crippen molar-refractivity contribution in [1.29, 1.82) is 0 Å². The van der Waals surface area contributed by atoms with Gasteiger partial charge in [-0.1, -0.05) is 0 Å². The number of hydrogen-bond acceptors (Lipinski definition) is 4. The van der Waals surface area contributed by atoms with Crippen LogP contribution in [0.15, 0.2) is 42.7 Å². The Labute approximate surface area is 122 Å². The molecule has 0 amide bonds. The molecule has 1 aromatic carbocycles. The fourth-order valence-electron chi connectivity index (χ4n) is 2.48. The summed E-state index contributed by atoms with van der Waals surface area (Å²) < 4.78 is 13.2. The van der Waals surface area contributed by atoms with E-state index in [4.69, 9.17) is 9.47 Å². The Morgan fingerprint density at radius 1 is 1.10 bits per heavy atom. The lowest BCUT2D eigenvalue weighted by atomic mass is 10.1. The quantitative estimate of drug-likeness (QED) is 0.784. The smallest absolute Gasteiger partial charge is 0.162 e. The third-order valence-corrected chi connectivity index (χ3v) is 3.59. The minimum atomic E-state index is 0.590. The number of rotatable bonds is 2. The zero-order valence-corrected chi connectivity index (χ0v) is 11.7. The van der Waals surface area contributed by atoms with Crippen LogP contribution in [-0.2, 0) is 0 Å². The first-order valence-corrected chi connectivity index (χ1v) is 6.90. The van der Waals surface area contributed by atoms with Crippen molar-refractivity contribution in [3.63, 3.8) is 0 Å². The zero-order chi connectivity index (χ0) is 14.2. The molecule has 4 rings (SSSR count). The highest BCUT2D eigenvalue weighted by atomic mass is 16.6. The van der Waals surface area contributed by atoms with E-state index in [0.29, 0.717) is 13.2 Å². The van der Waals surface area contributed by atoms with Crippen molar-refractivity contribution in [2.24, 2.45) is 0 Å². The number of imidazole rings is 1. The van der Waals surface area contributed by atoms with Crippen LogP contribution in [0.3, 0.4) is 0 Å². The molecule has 2 aromatic heterocycles. The lowest BCUT2D eigenvalue weighted by molar-refractivity contribution is 0.171. The molecule has 1 aliphatic heterocycles. The van der Waals surface area contributed by atoms with Crippen LogP contribution in [0, 0.1) is 0 Å². The first-order valence-electron chi connectivity index (χ1n) is 6.90. The Morgan fingerprint density at radius 2 is 1.95 bits per heavy atom. The lowest BCUT2D eigenvalue weighted by Crippen LogP contribution is -2.15. The number of fused-ring (bicyclic) bond motifs is 2. The number of hydrogen-bond donors (Lipinski definition) is 1. The SMILES string of the molecule is CNc1ccn2cc(-c3ccc4c(c3)OCCO4)nc2c1. The molecule has 0 atom stereocenters. The summed E-state index contributed by atoms with van der Waals surface area (Å²) in [7, 11) is 1.90.